The minimum atomic E-state index is -3.96. The zero-order chi connectivity index (χ0) is 12.6. The number of hydrogen-bond donors (Lipinski definition) is 2. The maximum absolute atomic E-state index is 11.0. The molecule has 0 saturated carbocycles. The van der Waals surface area contributed by atoms with Crippen LogP contribution in [0.1, 0.15) is 0 Å². The van der Waals surface area contributed by atoms with Crippen molar-refractivity contribution in [2.75, 3.05) is 4.72 Å². The second-order valence-electron chi connectivity index (χ2n) is 2.73. The van der Waals surface area contributed by atoms with Crippen molar-refractivity contribution in [2.24, 2.45) is 5.14 Å². The first-order valence-electron chi connectivity index (χ1n) is 3.64. The predicted molar refractivity (Wildman–Crippen MR) is 61.2 cm³/mol. The Kier molecular flexibility index (Phi) is 3.70. The molecule has 10 heteroatoms. The number of nitrogens with two attached hydrogens (primary N) is 1. The third-order valence-electron chi connectivity index (χ3n) is 1.45. The summed E-state index contributed by atoms with van der Waals surface area (Å²) in [7, 11) is -2.82. The highest BCUT2D eigenvalue weighted by molar-refractivity contribution is 8.13. The summed E-state index contributed by atoms with van der Waals surface area (Å²) in [5.74, 6) is 0. The number of hydrogen-bond acceptors (Lipinski definition) is 4. The lowest BCUT2D eigenvalue weighted by Crippen LogP contribution is -2.21. The summed E-state index contributed by atoms with van der Waals surface area (Å²) < 4.78 is 45.2. The van der Waals surface area contributed by atoms with Gasteiger partial charge in [0.25, 0.3) is 19.3 Å². The fourth-order valence-electron chi connectivity index (χ4n) is 0.926. The van der Waals surface area contributed by atoms with Gasteiger partial charge in [-0.1, -0.05) is 11.6 Å². The molecule has 0 heterocycles. The van der Waals surface area contributed by atoms with Gasteiger partial charge in [-0.25, -0.2) is 13.6 Å². The van der Waals surface area contributed by atoms with Crippen molar-refractivity contribution in [3.63, 3.8) is 0 Å². The summed E-state index contributed by atoms with van der Waals surface area (Å²) >= 11 is 5.60. The molecule has 0 aliphatic heterocycles. The highest BCUT2D eigenvalue weighted by atomic mass is 35.7. The number of anilines is 1. The van der Waals surface area contributed by atoms with Gasteiger partial charge in [0.2, 0.25) is 0 Å². The van der Waals surface area contributed by atoms with Gasteiger partial charge >= 0.3 is 0 Å². The monoisotopic (exact) mass is 304 g/mol. The maximum Gasteiger partial charge on any atom is 0.296 e. The van der Waals surface area contributed by atoms with Crippen LogP contribution in [-0.4, -0.2) is 16.8 Å². The van der Waals surface area contributed by atoms with E-state index in [4.69, 9.17) is 27.4 Å². The molecule has 90 valence electrons. The first-order valence-corrected chi connectivity index (χ1v) is 7.88. The average molecular weight is 305 g/mol. The molecule has 0 aromatic heterocycles. The van der Waals surface area contributed by atoms with E-state index in [9.17, 15) is 16.8 Å². The van der Waals surface area contributed by atoms with Crippen LogP contribution in [0.25, 0.3) is 0 Å². The van der Waals surface area contributed by atoms with Crippen LogP contribution in [0.2, 0.25) is 5.02 Å². The number of nitrogens with one attached hydrogen (secondary N) is 1. The summed E-state index contributed by atoms with van der Waals surface area (Å²) in [5, 5.41) is 4.51. The highest BCUT2D eigenvalue weighted by Gasteiger charge is 2.15. The minimum absolute atomic E-state index is 0.0385. The molecule has 16 heavy (non-hydrogen) atoms. The van der Waals surface area contributed by atoms with Crippen molar-refractivity contribution in [1.29, 1.82) is 0 Å². The molecule has 0 aliphatic carbocycles. The van der Waals surface area contributed by atoms with Crippen molar-refractivity contribution in [2.45, 2.75) is 4.90 Å². The Balaban J connectivity index is 3.20. The molecular formula is C6H6Cl2N2O4S2. The van der Waals surface area contributed by atoms with Crippen molar-refractivity contribution in [3.8, 4) is 0 Å². The van der Waals surface area contributed by atoms with E-state index in [2.05, 4.69) is 0 Å². The molecule has 0 radical (unpaired) electrons. The van der Waals surface area contributed by atoms with Gasteiger partial charge in [0.1, 0.15) is 4.90 Å². The molecule has 1 rings (SSSR count). The largest absolute Gasteiger partial charge is 0.296 e. The van der Waals surface area contributed by atoms with Crippen LogP contribution in [0.4, 0.5) is 5.69 Å². The molecule has 1 aromatic rings. The van der Waals surface area contributed by atoms with Gasteiger partial charge in [-0.2, -0.15) is 8.42 Å². The van der Waals surface area contributed by atoms with Crippen LogP contribution >= 0.6 is 22.3 Å². The maximum atomic E-state index is 11.0. The van der Waals surface area contributed by atoms with Gasteiger partial charge in [-0.15, -0.1) is 0 Å². The molecule has 0 saturated heterocycles. The Bertz CT molecular complexity index is 611. The number of halogens is 2. The van der Waals surface area contributed by atoms with Gasteiger partial charge in [0.05, 0.1) is 10.7 Å². The molecule has 0 fully saturated rings. The van der Waals surface area contributed by atoms with E-state index in [0.29, 0.717) is 0 Å². The SMILES string of the molecule is NS(=O)(=O)Nc1ccc(S(=O)(=O)Cl)c(Cl)c1. The summed E-state index contributed by atoms with van der Waals surface area (Å²) in [6.45, 7) is 0. The molecule has 3 N–H and O–H groups in total. The Morgan fingerprint density at radius 1 is 1.19 bits per heavy atom. The van der Waals surface area contributed by atoms with E-state index in [1.807, 2.05) is 4.72 Å². The Labute approximate surface area is 102 Å². The van der Waals surface area contributed by atoms with Crippen LogP contribution in [-0.2, 0) is 19.3 Å². The molecular weight excluding hydrogens is 299 g/mol. The van der Waals surface area contributed by atoms with Crippen molar-refractivity contribution in [3.05, 3.63) is 23.2 Å². The normalized spacial score (nSPS) is 12.4. The molecule has 0 atom stereocenters. The van der Waals surface area contributed by atoms with E-state index in [1.54, 1.807) is 0 Å². The van der Waals surface area contributed by atoms with Crippen molar-refractivity contribution in [1.82, 2.24) is 0 Å². The smallest absolute Gasteiger partial charge is 0.271 e. The molecule has 0 aliphatic rings. The van der Waals surface area contributed by atoms with E-state index >= 15 is 0 Å². The van der Waals surface area contributed by atoms with Crippen LogP contribution in [0.5, 0.6) is 0 Å². The molecule has 6 nitrogen and oxygen atoms in total. The fraction of sp³-hybridized carbons (Fsp3) is 0. The van der Waals surface area contributed by atoms with Crippen LogP contribution in [0.15, 0.2) is 23.1 Å². The van der Waals surface area contributed by atoms with Crippen LogP contribution in [0.3, 0.4) is 0 Å². The number of rotatable bonds is 3. The Morgan fingerprint density at radius 3 is 2.12 bits per heavy atom. The van der Waals surface area contributed by atoms with Gasteiger partial charge in [0.15, 0.2) is 0 Å². The van der Waals surface area contributed by atoms with E-state index < -0.39 is 19.3 Å². The molecule has 1 aromatic carbocycles. The van der Waals surface area contributed by atoms with Crippen LogP contribution in [0, 0.1) is 0 Å². The van der Waals surface area contributed by atoms with E-state index in [0.717, 1.165) is 12.1 Å². The van der Waals surface area contributed by atoms with Gasteiger partial charge in [-0.3, -0.25) is 4.72 Å². The third kappa shape index (κ3) is 3.80. The summed E-state index contributed by atoms with van der Waals surface area (Å²) in [6.07, 6.45) is 0. The summed E-state index contributed by atoms with van der Waals surface area (Å²) in [6, 6.07) is 3.32. The lowest BCUT2D eigenvalue weighted by atomic mass is 10.3. The molecule has 0 amide bonds. The number of benzene rings is 1. The van der Waals surface area contributed by atoms with Crippen LogP contribution < -0.4 is 9.86 Å². The lowest BCUT2D eigenvalue weighted by Gasteiger charge is -2.05. The summed E-state index contributed by atoms with van der Waals surface area (Å²) in [4.78, 5) is -0.309. The second-order valence-corrected chi connectivity index (χ2v) is 6.97. The third-order valence-corrected chi connectivity index (χ3v) is 3.78. The van der Waals surface area contributed by atoms with E-state index in [-0.39, 0.29) is 15.6 Å². The Hall–Kier alpha value is -0.540. The molecule has 0 spiro atoms. The van der Waals surface area contributed by atoms with Crippen molar-refractivity contribution < 1.29 is 16.8 Å². The average Bonchev–Trinajstić information content (AvgIpc) is 1.97. The molecule has 0 unspecified atom stereocenters. The van der Waals surface area contributed by atoms with Gasteiger partial charge in [0, 0.05) is 10.7 Å². The topological polar surface area (TPSA) is 106 Å². The standard InChI is InChI=1S/C6H6Cl2N2O4S2/c7-5-3-4(10-16(9,13)14)1-2-6(5)15(8,11)12/h1-3,10H,(H2,9,13,14). The second kappa shape index (κ2) is 4.38. The predicted octanol–water partition coefficient (Wildman–Crippen LogP) is 0.883. The molecule has 0 bridgehead atoms. The quantitative estimate of drug-likeness (QED) is 0.808. The fourth-order valence-corrected chi connectivity index (χ4v) is 2.91. The highest BCUT2D eigenvalue weighted by Crippen LogP contribution is 2.27. The Morgan fingerprint density at radius 2 is 1.75 bits per heavy atom. The first-order chi connectivity index (χ1) is 7.09. The summed E-state index contributed by atoms with van der Waals surface area (Å²) in [5.41, 5.74) is 0.0385. The van der Waals surface area contributed by atoms with Gasteiger partial charge < -0.3 is 0 Å². The van der Waals surface area contributed by atoms with E-state index in [1.165, 1.54) is 6.07 Å². The minimum Gasteiger partial charge on any atom is -0.271 e. The lowest BCUT2D eigenvalue weighted by molar-refractivity contribution is 0.602. The van der Waals surface area contributed by atoms with Gasteiger partial charge in [-0.05, 0) is 18.2 Å². The zero-order valence-electron chi connectivity index (χ0n) is 7.51. The van der Waals surface area contributed by atoms with Crippen molar-refractivity contribution >= 4 is 47.2 Å². The zero-order valence-corrected chi connectivity index (χ0v) is 10.7. The first kappa shape index (κ1) is 13.5.